The minimum atomic E-state index is 0.404. The number of aryl methyl sites for hydroxylation is 1. The third kappa shape index (κ3) is 1.85. The van der Waals surface area contributed by atoms with Crippen molar-refractivity contribution in [3.05, 3.63) is 15.1 Å². The largest absolute Gasteiger partial charge is 0.383 e. The monoisotopic (exact) mass is 277 g/mol. The molecule has 0 unspecified atom stereocenters. The number of aromatic nitrogens is 2. The number of hydrogen-bond donors (Lipinski definition) is 1. The second-order valence-electron chi connectivity index (χ2n) is 3.01. The van der Waals surface area contributed by atoms with Crippen LogP contribution >= 0.6 is 22.6 Å². The summed E-state index contributed by atoms with van der Waals surface area (Å²) in [6, 6.07) is 0. The number of nitrogens with two attached hydrogens (primary N) is 1. The van der Waals surface area contributed by atoms with E-state index in [1.54, 1.807) is 0 Å². The molecule has 1 rings (SSSR count). The van der Waals surface area contributed by atoms with Crippen LogP contribution in [0.15, 0.2) is 0 Å². The van der Waals surface area contributed by atoms with Crippen LogP contribution in [0.1, 0.15) is 31.3 Å². The highest BCUT2D eigenvalue weighted by molar-refractivity contribution is 14.1. The van der Waals surface area contributed by atoms with Crippen molar-refractivity contribution in [3.63, 3.8) is 0 Å². The van der Waals surface area contributed by atoms with E-state index >= 15 is 0 Å². The molecule has 0 fully saturated rings. The van der Waals surface area contributed by atoms with E-state index in [1.165, 1.54) is 0 Å². The highest BCUT2D eigenvalue weighted by Crippen LogP contribution is 2.22. The van der Waals surface area contributed by atoms with Gasteiger partial charge >= 0.3 is 0 Å². The number of nitrogen functional groups attached to an aromatic ring is 1. The Balaban J connectivity index is 3.28. The molecule has 0 spiro atoms. The Morgan fingerprint density at radius 1 is 1.33 bits per heavy atom. The fourth-order valence-corrected chi connectivity index (χ4v) is 1.85. The maximum atomic E-state index is 5.70. The number of nitrogens with zero attached hydrogens (tertiary/aromatic N) is 2. The molecule has 0 radical (unpaired) electrons. The van der Waals surface area contributed by atoms with Crippen LogP contribution in [0.3, 0.4) is 0 Å². The van der Waals surface area contributed by atoms with E-state index in [-0.39, 0.29) is 0 Å². The first-order valence-corrected chi connectivity index (χ1v) is 4.89. The van der Waals surface area contributed by atoms with Crippen LogP contribution in [0.4, 0.5) is 5.82 Å². The molecule has 0 atom stereocenters. The van der Waals surface area contributed by atoms with Gasteiger partial charge in [-0.15, -0.1) is 0 Å². The van der Waals surface area contributed by atoms with Crippen LogP contribution in [0.2, 0.25) is 0 Å². The standard InChI is InChI=1S/C8H12IN3/c1-4(2)7-6(9)8(10)12-5(3)11-7/h4H,1-3H3,(H2,10,11,12). The van der Waals surface area contributed by atoms with Crippen LogP contribution in [0.25, 0.3) is 0 Å². The van der Waals surface area contributed by atoms with Crippen LogP contribution in [0.5, 0.6) is 0 Å². The molecule has 0 saturated carbocycles. The van der Waals surface area contributed by atoms with Crippen molar-refractivity contribution in [1.82, 2.24) is 9.97 Å². The van der Waals surface area contributed by atoms with Crippen molar-refractivity contribution >= 4 is 28.4 Å². The van der Waals surface area contributed by atoms with Crippen LogP contribution in [-0.2, 0) is 0 Å². The van der Waals surface area contributed by atoms with Crippen LogP contribution in [0, 0.1) is 10.5 Å². The lowest BCUT2D eigenvalue weighted by Gasteiger charge is -2.09. The van der Waals surface area contributed by atoms with E-state index in [1.807, 2.05) is 6.92 Å². The van der Waals surface area contributed by atoms with Gasteiger partial charge in [-0.05, 0) is 35.4 Å². The molecule has 0 aliphatic carbocycles. The number of halogens is 1. The summed E-state index contributed by atoms with van der Waals surface area (Å²) in [7, 11) is 0. The summed E-state index contributed by atoms with van der Waals surface area (Å²) in [5.41, 5.74) is 6.74. The molecule has 2 N–H and O–H groups in total. The summed E-state index contributed by atoms with van der Waals surface area (Å²) in [6.07, 6.45) is 0. The van der Waals surface area contributed by atoms with Gasteiger partial charge in [0, 0.05) is 0 Å². The molecular formula is C8H12IN3. The molecule has 0 aromatic carbocycles. The first-order valence-electron chi connectivity index (χ1n) is 3.82. The zero-order chi connectivity index (χ0) is 9.30. The van der Waals surface area contributed by atoms with Crippen molar-refractivity contribution in [2.75, 3.05) is 5.73 Å². The van der Waals surface area contributed by atoms with Gasteiger partial charge in [-0.2, -0.15) is 0 Å². The summed E-state index contributed by atoms with van der Waals surface area (Å²) in [6.45, 7) is 6.06. The second-order valence-corrected chi connectivity index (χ2v) is 4.09. The lowest BCUT2D eigenvalue weighted by atomic mass is 10.1. The second kappa shape index (κ2) is 3.55. The molecule has 3 nitrogen and oxygen atoms in total. The van der Waals surface area contributed by atoms with E-state index in [9.17, 15) is 0 Å². The van der Waals surface area contributed by atoms with Gasteiger partial charge in [0.2, 0.25) is 0 Å². The summed E-state index contributed by atoms with van der Waals surface area (Å²) < 4.78 is 0.980. The predicted molar refractivity (Wildman–Crippen MR) is 58.0 cm³/mol. The van der Waals surface area contributed by atoms with Crippen molar-refractivity contribution in [2.45, 2.75) is 26.7 Å². The maximum absolute atomic E-state index is 5.70. The first kappa shape index (κ1) is 9.70. The number of rotatable bonds is 1. The Labute approximate surface area is 85.9 Å². The average Bonchev–Trinajstić information content (AvgIpc) is 1.96. The Hall–Kier alpha value is -0.390. The molecule has 0 amide bonds. The molecule has 4 heteroatoms. The summed E-state index contributed by atoms with van der Waals surface area (Å²) in [5.74, 6) is 1.74. The van der Waals surface area contributed by atoms with Gasteiger partial charge in [0.05, 0.1) is 9.26 Å². The van der Waals surface area contributed by atoms with Crippen molar-refractivity contribution in [3.8, 4) is 0 Å². The quantitative estimate of drug-likeness (QED) is 0.800. The van der Waals surface area contributed by atoms with E-state index in [0.29, 0.717) is 11.7 Å². The van der Waals surface area contributed by atoms with E-state index in [2.05, 4.69) is 46.4 Å². The lowest BCUT2D eigenvalue weighted by Crippen LogP contribution is -2.06. The third-order valence-corrected chi connectivity index (χ3v) is 2.67. The van der Waals surface area contributed by atoms with Gasteiger partial charge in [-0.1, -0.05) is 13.8 Å². The normalized spacial score (nSPS) is 10.8. The van der Waals surface area contributed by atoms with E-state index < -0.39 is 0 Å². The highest BCUT2D eigenvalue weighted by atomic mass is 127. The topological polar surface area (TPSA) is 51.8 Å². The smallest absolute Gasteiger partial charge is 0.140 e. The Kier molecular flexibility index (Phi) is 2.87. The molecule has 0 bridgehead atoms. The van der Waals surface area contributed by atoms with Gasteiger partial charge in [-0.25, -0.2) is 9.97 Å². The minimum absolute atomic E-state index is 0.404. The zero-order valence-corrected chi connectivity index (χ0v) is 9.58. The molecule has 66 valence electrons. The first-order chi connectivity index (χ1) is 5.52. The van der Waals surface area contributed by atoms with Gasteiger partial charge < -0.3 is 5.73 Å². The Morgan fingerprint density at radius 2 is 1.92 bits per heavy atom. The zero-order valence-electron chi connectivity index (χ0n) is 7.43. The van der Waals surface area contributed by atoms with Crippen molar-refractivity contribution in [2.24, 2.45) is 0 Å². The molecular weight excluding hydrogens is 265 g/mol. The predicted octanol–water partition coefficient (Wildman–Crippen LogP) is 2.10. The average molecular weight is 277 g/mol. The Morgan fingerprint density at radius 3 is 2.42 bits per heavy atom. The van der Waals surface area contributed by atoms with Crippen LogP contribution < -0.4 is 5.73 Å². The molecule has 0 aliphatic heterocycles. The maximum Gasteiger partial charge on any atom is 0.140 e. The van der Waals surface area contributed by atoms with Gasteiger partial charge in [0.25, 0.3) is 0 Å². The fraction of sp³-hybridized carbons (Fsp3) is 0.500. The third-order valence-electron chi connectivity index (χ3n) is 1.56. The summed E-state index contributed by atoms with van der Waals surface area (Å²) in [4.78, 5) is 8.41. The molecule has 1 aromatic rings. The minimum Gasteiger partial charge on any atom is -0.383 e. The highest BCUT2D eigenvalue weighted by Gasteiger charge is 2.10. The van der Waals surface area contributed by atoms with Gasteiger partial charge in [-0.3, -0.25) is 0 Å². The van der Waals surface area contributed by atoms with Gasteiger partial charge in [0.15, 0.2) is 0 Å². The lowest BCUT2D eigenvalue weighted by molar-refractivity contribution is 0.795. The Bertz CT molecular complexity index is 297. The fourth-order valence-electron chi connectivity index (χ4n) is 0.986. The summed E-state index contributed by atoms with van der Waals surface area (Å²) in [5, 5.41) is 0. The van der Waals surface area contributed by atoms with Gasteiger partial charge in [0.1, 0.15) is 11.6 Å². The molecule has 0 saturated heterocycles. The van der Waals surface area contributed by atoms with Crippen LogP contribution in [-0.4, -0.2) is 9.97 Å². The number of anilines is 1. The van der Waals surface area contributed by atoms with E-state index in [0.717, 1.165) is 15.1 Å². The molecule has 0 aliphatic rings. The number of hydrogen-bond acceptors (Lipinski definition) is 3. The van der Waals surface area contributed by atoms with E-state index in [4.69, 9.17) is 5.73 Å². The molecule has 12 heavy (non-hydrogen) atoms. The summed E-state index contributed by atoms with van der Waals surface area (Å²) >= 11 is 2.19. The van der Waals surface area contributed by atoms with Crippen molar-refractivity contribution < 1.29 is 0 Å². The molecule has 1 aromatic heterocycles. The van der Waals surface area contributed by atoms with Crippen molar-refractivity contribution in [1.29, 1.82) is 0 Å². The SMILES string of the molecule is Cc1nc(N)c(I)c(C(C)C)n1. The molecule has 1 heterocycles.